The molecular weight excluding hydrogens is 324 g/mol. The number of methoxy groups -OCH3 is 1. The summed E-state index contributed by atoms with van der Waals surface area (Å²) in [7, 11) is 3.29. The number of para-hydroxylation sites is 2. The van der Waals surface area contributed by atoms with Gasteiger partial charge in [-0.3, -0.25) is 14.7 Å². The summed E-state index contributed by atoms with van der Waals surface area (Å²) >= 11 is 0. The number of carbonyl (C=O) groups excluding carboxylic acids is 2. The highest BCUT2D eigenvalue weighted by Gasteiger charge is 2.30. The number of hydrogen-bond donors (Lipinski definition) is 2. The van der Waals surface area contributed by atoms with Crippen LogP contribution >= 0.6 is 0 Å². The topological polar surface area (TPSA) is 96.6 Å². The van der Waals surface area contributed by atoms with E-state index < -0.39 is 6.04 Å². The SMILES string of the molecule is COc1ccccc1OCc1cc(C(=O)N[C@H]2CCN(C)C2=O)n[nH]1. The minimum Gasteiger partial charge on any atom is -0.493 e. The molecule has 2 heterocycles. The number of hydrogen-bond acceptors (Lipinski definition) is 5. The predicted octanol–water partition coefficient (Wildman–Crippen LogP) is 0.958. The van der Waals surface area contributed by atoms with Crippen LogP contribution in [-0.2, 0) is 11.4 Å². The van der Waals surface area contributed by atoms with Gasteiger partial charge in [0.15, 0.2) is 11.5 Å². The van der Waals surface area contributed by atoms with E-state index in [9.17, 15) is 9.59 Å². The molecule has 3 rings (SSSR count). The molecule has 1 fully saturated rings. The lowest BCUT2D eigenvalue weighted by molar-refractivity contribution is -0.128. The largest absolute Gasteiger partial charge is 0.493 e. The number of likely N-dealkylation sites (tertiary alicyclic amines) is 1. The van der Waals surface area contributed by atoms with Crippen LogP contribution < -0.4 is 14.8 Å². The molecule has 25 heavy (non-hydrogen) atoms. The first-order valence-corrected chi connectivity index (χ1v) is 7.94. The maximum Gasteiger partial charge on any atom is 0.272 e. The first kappa shape index (κ1) is 16.8. The first-order valence-electron chi connectivity index (χ1n) is 7.94. The van der Waals surface area contributed by atoms with Crippen LogP contribution in [0.3, 0.4) is 0 Å². The Hall–Kier alpha value is -3.03. The van der Waals surface area contributed by atoms with Gasteiger partial charge in [0.2, 0.25) is 5.91 Å². The van der Waals surface area contributed by atoms with E-state index in [4.69, 9.17) is 9.47 Å². The molecule has 8 nitrogen and oxygen atoms in total. The second-order valence-corrected chi connectivity index (χ2v) is 5.79. The van der Waals surface area contributed by atoms with Crippen LogP contribution in [0.2, 0.25) is 0 Å². The molecule has 2 N–H and O–H groups in total. The molecule has 1 atom stereocenters. The average molecular weight is 344 g/mol. The lowest BCUT2D eigenvalue weighted by atomic mass is 10.2. The fourth-order valence-electron chi connectivity index (χ4n) is 2.63. The van der Waals surface area contributed by atoms with Gasteiger partial charge in [0.05, 0.1) is 12.8 Å². The van der Waals surface area contributed by atoms with E-state index in [2.05, 4.69) is 15.5 Å². The Morgan fingerprint density at radius 2 is 2.16 bits per heavy atom. The number of H-pyrrole nitrogens is 1. The first-order chi connectivity index (χ1) is 12.1. The molecule has 1 aliphatic rings. The van der Waals surface area contributed by atoms with E-state index in [1.807, 2.05) is 12.1 Å². The van der Waals surface area contributed by atoms with Gasteiger partial charge in [-0.25, -0.2) is 0 Å². The highest BCUT2D eigenvalue weighted by atomic mass is 16.5. The molecule has 132 valence electrons. The Morgan fingerprint density at radius 3 is 2.84 bits per heavy atom. The number of likely N-dealkylation sites (N-methyl/N-ethyl adjacent to an activating group) is 1. The Balaban J connectivity index is 1.58. The van der Waals surface area contributed by atoms with E-state index in [0.29, 0.717) is 30.2 Å². The Morgan fingerprint density at radius 1 is 1.40 bits per heavy atom. The molecule has 1 aromatic carbocycles. The normalized spacial score (nSPS) is 16.8. The summed E-state index contributed by atoms with van der Waals surface area (Å²) in [5, 5.41) is 9.46. The van der Waals surface area contributed by atoms with Crippen molar-refractivity contribution in [1.29, 1.82) is 0 Å². The van der Waals surface area contributed by atoms with E-state index >= 15 is 0 Å². The zero-order valence-corrected chi connectivity index (χ0v) is 14.1. The number of nitrogens with zero attached hydrogens (tertiary/aromatic N) is 2. The van der Waals surface area contributed by atoms with E-state index in [1.54, 1.807) is 37.3 Å². The molecule has 0 saturated carbocycles. The van der Waals surface area contributed by atoms with Crippen molar-refractivity contribution in [3.05, 3.63) is 41.7 Å². The number of rotatable bonds is 6. The van der Waals surface area contributed by atoms with Crippen LogP contribution in [0.25, 0.3) is 0 Å². The number of benzene rings is 1. The Kier molecular flexibility index (Phi) is 4.87. The van der Waals surface area contributed by atoms with Crippen LogP contribution in [-0.4, -0.2) is 53.7 Å². The van der Waals surface area contributed by atoms with Gasteiger partial charge in [0.1, 0.15) is 18.3 Å². The van der Waals surface area contributed by atoms with Crippen LogP contribution in [0.5, 0.6) is 11.5 Å². The standard InChI is InChI=1S/C17H20N4O4/c1-21-8-7-12(17(21)23)18-16(22)13-9-11(19-20-13)10-25-15-6-4-3-5-14(15)24-2/h3-6,9,12H,7-8,10H2,1-2H3,(H,18,22)(H,19,20)/t12-/m0/s1. The van der Waals surface area contributed by atoms with Gasteiger partial charge < -0.3 is 19.7 Å². The highest BCUT2D eigenvalue weighted by molar-refractivity contribution is 5.96. The van der Waals surface area contributed by atoms with Gasteiger partial charge in [0.25, 0.3) is 5.91 Å². The zero-order valence-electron chi connectivity index (χ0n) is 14.1. The molecule has 2 aromatic rings. The maximum absolute atomic E-state index is 12.2. The summed E-state index contributed by atoms with van der Waals surface area (Å²) < 4.78 is 10.9. The molecule has 0 radical (unpaired) electrons. The summed E-state index contributed by atoms with van der Waals surface area (Å²) in [5.74, 6) is 0.770. The Labute approximate surface area is 145 Å². The third-order valence-electron chi connectivity index (χ3n) is 4.05. The molecular formula is C17H20N4O4. The van der Waals surface area contributed by atoms with E-state index in [-0.39, 0.29) is 24.1 Å². The molecule has 1 aromatic heterocycles. The average Bonchev–Trinajstić information content (AvgIpc) is 3.22. The van der Waals surface area contributed by atoms with Crippen LogP contribution in [0, 0.1) is 0 Å². The monoisotopic (exact) mass is 344 g/mol. The minimum absolute atomic E-state index is 0.0800. The second kappa shape index (κ2) is 7.25. The number of ether oxygens (including phenoxy) is 2. The van der Waals surface area contributed by atoms with Crippen molar-refractivity contribution in [2.45, 2.75) is 19.1 Å². The predicted molar refractivity (Wildman–Crippen MR) is 89.4 cm³/mol. The van der Waals surface area contributed by atoms with Crippen molar-refractivity contribution in [2.75, 3.05) is 20.7 Å². The molecule has 0 aliphatic carbocycles. The third-order valence-corrected chi connectivity index (χ3v) is 4.05. The highest BCUT2D eigenvalue weighted by Crippen LogP contribution is 2.26. The maximum atomic E-state index is 12.2. The van der Waals surface area contributed by atoms with E-state index in [1.165, 1.54) is 0 Å². The fourth-order valence-corrected chi connectivity index (χ4v) is 2.63. The zero-order chi connectivity index (χ0) is 17.8. The quantitative estimate of drug-likeness (QED) is 0.813. The number of amides is 2. The summed E-state index contributed by atoms with van der Waals surface area (Å²) in [6.07, 6.45) is 0.606. The minimum atomic E-state index is -0.484. The van der Waals surface area contributed by atoms with Crippen molar-refractivity contribution in [1.82, 2.24) is 20.4 Å². The van der Waals surface area contributed by atoms with Crippen molar-refractivity contribution in [3.63, 3.8) is 0 Å². The smallest absolute Gasteiger partial charge is 0.272 e. The molecule has 1 saturated heterocycles. The van der Waals surface area contributed by atoms with Crippen LogP contribution in [0.15, 0.2) is 30.3 Å². The molecule has 0 spiro atoms. The fraction of sp³-hybridized carbons (Fsp3) is 0.353. The van der Waals surface area contributed by atoms with Crippen molar-refractivity contribution >= 4 is 11.8 Å². The second-order valence-electron chi connectivity index (χ2n) is 5.79. The molecule has 1 aliphatic heterocycles. The van der Waals surface area contributed by atoms with Gasteiger partial charge in [-0.2, -0.15) is 5.10 Å². The van der Waals surface area contributed by atoms with Gasteiger partial charge in [-0.1, -0.05) is 12.1 Å². The summed E-state index contributed by atoms with van der Waals surface area (Å²) in [6, 6.07) is 8.42. The van der Waals surface area contributed by atoms with Crippen LogP contribution in [0.4, 0.5) is 0 Å². The van der Waals surface area contributed by atoms with Gasteiger partial charge in [-0.05, 0) is 24.6 Å². The van der Waals surface area contributed by atoms with Crippen molar-refractivity contribution in [3.8, 4) is 11.5 Å². The van der Waals surface area contributed by atoms with Gasteiger partial charge in [0, 0.05) is 13.6 Å². The molecule has 2 amide bonds. The van der Waals surface area contributed by atoms with Crippen LogP contribution in [0.1, 0.15) is 22.6 Å². The summed E-state index contributed by atoms with van der Waals surface area (Å²) in [4.78, 5) is 25.7. The van der Waals surface area contributed by atoms with Crippen molar-refractivity contribution < 1.29 is 19.1 Å². The molecule has 0 unspecified atom stereocenters. The summed E-state index contributed by atoms with van der Waals surface area (Å²) in [5.41, 5.74) is 0.868. The number of aromatic amines is 1. The summed E-state index contributed by atoms with van der Waals surface area (Å²) in [6.45, 7) is 0.855. The third kappa shape index (κ3) is 3.73. The number of nitrogens with one attached hydrogen (secondary N) is 2. The van der Waals surface area contributed by atoms with Gasteiger partial charge in [-0.15, -0.1) is 0 Å². The number of carbonyl (C=O) groups is 2. The number of aromatic nitrogens is 2. The van der Waals surface area contributed by atoms with Gasteiger partial charge >= 0.3 is 0 Å². The lowest BCUT2D eigenvalue weighted by Gasteiger charge is -2.11. The van der Waals surface area contributed by atoms with Crippen molar-refractivity contribution in [2.24, 2.45) is 0 Å². The molecule has 0 bridgehead atoms. The Bertz CT molecular complexity index is 774. The lowest BCUT2D eigenvalue weighted by Crippen LogP contribution is -2.40. The molecule has 8 heteroatoms. The van der Waals surface area contributed by atoms with E-state index in [0.717, 1.165) is 0 Å².